The van der Waals surface area contributed by atoms with Crippen LogP contribution >= 0.6 is 15.9 Å². The van der Waals surface area contributed by atoms with Crippen LogP contribution in [-0.2, 0) is 11.2 Å². The number of carbonyl (C=O) groups is 2. The molecular weight excluding hydrogens is 356 g/mol. The first-order valence-corrected chi connectivity index (χ1v) is 8.11. The van der Waals surface area contributed by atoms with Crippen molar-refractivity contribution in [3.05, 3.63) is 70.2 Å². The summed E-state index contributed by atoms with van der Waals surface area (Å²) in [6.45, 7) is 0. The van der Waals surface area contributed by atoms with Crippen molar-refractivity contribution in [2.24, 2.45) is 5.73 Å². The van der Waals surface area contributed by atoms with Crippen molar-refractivity contribution in [3.8, 4) is 0 Å². The van der Waals surface area contributed by atoms with E-state index in [9.17, 15) is 9.59 Å². The largest absolute Gasteiger partial charge is 0.370 e. The molecule has 2 amide bonds. The summed E-state index contributed by atoms with van der Waals surface area (Å²) in [5, 5.41) is 0. The third-order valence-electron chi connectivity index (χ3n) is 3.69. The van der Waals surface area contributed by atoms with Crippen molar-refractivity contribution in [3.63, 3.8) is 0 Å². The fourth-order valence-corrected chi connectivity index (χ4v) is 2.85. The normalized spacial score (nSPS) is 11.7. The molecule has 2 N–H and O–H groups in total. The van der Waals surface area contributed by atoms with Crippen molar-refractivity contribution in [1.29, 1.82) is 0 Å². The quantitative estimate of drug-likeness (QED) is 0.844. The number of primary amides is 1. The van der Waals surface area contributed by atoms with Crippen LogP contribution < -0.4 is 5.73 Å². The van der Waals surface area contributed by atoms with Gasteiger partial charge in [0.25, 0.3) is 5.91 Å². The van der Waals surface area contributed by atoms with Gasteiger partial charge in [-0.3, -0.25) is 9.59 Å². The molecule has 0 aromatic heterocycles. The van der Waals surface area contributed by atoms with Gasteiger partial charge in [0, 0.05) is 29.5 Å². The first kappa shape index (κ1) is 17.2. The van der Waals surface area contributed by atoms with Crippen LogP contribution in [0.3, 0.4) is 0 Å². The topological polar surface area (TPSA) is 63.4 Å². The van der Waals surface area contributed by atoms with E-state index in [1.165, 1.54) is 0 Å². The number of halogens is 1. The molecule has 0 fully saturated rings. The van der Waals surface area contributed by atoms with Crippen molar-refractivity contribution in [2.45, 2.75) is 18.9 Å². The molecule has 0 aliphatic heterocycles. The Hall–Kier alpha value is -2.14. The molecule has 1 atom stereocenters. The van der Waals surface area contributed by atoms with Gasteiger partial charge in [0.15, 0.2) is 0 Å². The summed E-state index contributed by atoms with van der Waals surface area (Å²) >= 11 is 3.37. The summed E-state index contributed by atoms with van der Waals surface area (Å²) < 4.78 is 0.839. The Morgan fingerprint density at radius 3 is 2.43 bits per heavy atom. The van der Waals surface area contributed by atoms with E-state index in [1.54, 1.807) is 24.1 Å². The summed E-state index contributed by atoms with van der Waals surface area (Å²) in [5.74, 6) is -0.548. The molecule has 5 heteroatoms. The molecule has 0 spiro atoms. The minimum Gasteiger partial charge on any atom is -0.370 e. The third-order valence-corrected chi connectivity index (χ3v) is 4.18. The zero-order valence-electron chi connectivity index (χ0n) is 12.9. The minimum absolute atomic E-state index is 0.130. The monoisotopic (exact) mass is 374 g/mol. The second-order valence-electron chi connectivity index (χ2n) is 5.44. The van der Waals surface area contributed by atoms with Gasteiger partial charge in [0.2, 0.25) is 5.91 Å². The molecule has 2 rings (SSSR count). The highest BCUT2D eigenvalue weighted by molar-refractivity contribution is 9.10. The highest BCUT2D eigenvalue weighted by Crippen LogP contribution is 2.17. The third kappa shape index (κ3) is 4.93. The fraction of sp³-hybridized carbons (Fsp3) is 0.222. The molecule has 0 heterocycles. The van der Waals surface area contributed by atoms with Crippen LogP contribution in [0.1, 0.15) is 22.3 Å². The van der Waals surface area contributed by atoms with Crippen LogP contribution in [0.15, 0.2) is 59.1 Å². The minimum atomic E-state index is -0.417. The van der Waals surface area contributed by atoms with Gasteiger partial charge in [-0.25, -0.2) is 0 Å². The number of carbonyl (C=O) groups excluding carboxylic acids is 2. The molecule has 120 valence electrons. The Morgan fingerprint density at radius 2 is 1.83 bits per heavy atom. The van der Waals surface area contributed by atoms with Crippen LogP contribution in [0, 0.1) is 0 Å². The average molecular weight is 375 g/mol. The molecule has 2 aromatic carbocycles. The number of benzene rings is 2. The van der Waals surface area contributed by atoms with Crippen molar-refractivity contribution < 1.29 is 9.59 Å². The van der Waals surface area contributed by atoms with E-state index in [2.05, 4.69) is 15.9 Å². The van der Waals surface area contributed by atoms with Gasteiger partial charge >= 0.3 is 0 Å². The summed E-state index contributed by atoms with van der Waals surface area (Å²) in [4.78, 5) is 25.7. The molecule has 2 aromatic rings. The van der Waals surface area contributed by atoms with Crippen molar-refractivity contribution >= 4 is 27.7 Å². The predicted octanol–water partition coefficient (Wildman–Crippen LogP) is 3.01. The fourth-order valence-electron chi connectivity index (χ4n) is 2.46. The number of hydrogen-bond donors (Lipinski definition) is 1. The van der Waals surface area contributed by atoms with Gasteiger partial charge < -0.3 is 10.6 Å². The first-order valence-electron chi connectivity index (χ1n) is 7.32. The van der Waals surface area contributed by atoms with Crippen LogP contribution in [0.5, 0.6) is 0 Å². The summed E-state index contributed by atoms with van der Waals surface area (Å²) in [7, 11) is 1.71. The Balaban J connectivity index is 2.20. The average Bonchev–Trinajstić information content (AvgIpc) is 2.53. The smallest absolute Gasteiger partial charge is 0.253 e. The number of rotatable bonds is 6. The first-order chi connectivity index (χ1) is 11.0. The lowest BCUT2D eigenvalue weighted by atomic mass is 10.0. The number of amides is 2. The van der Waals surface area contributed by atoms with E-state index in [0.29, 0.717) is 12.0 Å². The molecule has 0 saturated carbocycles. The molecule has 0 aliphatic rings. The van der Waals surface area contributed by atoms with Crippen molar-refractivity contribution in [2.75, 3.05) is 7.05 Å². The second kappa shape index (κ2) is 7.92. The SMILES string of the molecule is CN(C(=O)c1cccc(Br)c1)C(CC(N)=O)Cc1ccccc1. The molecule has 4 nitrogen and oxygen atoms in total. The van der Waals surface area contributed by atoms with Crippen molar-refractivity contribution in [1.82, 2.24) is 4.90 Å². The molecule has 23 heavy (non-hydrogen) atoms. The maximum Gasteiger partial charge on any atom is 0.253 e. The van der Waals surface area contributed by atoms with Gasteiger partial charge in [0.05, 0.1) is 0 Å². The standard InChI is InChI=1S/C18H19BrN2O2/c1-21(18(23)14-8-5-9-15(19)11-14)16(12-17(20)22)10-13-6-3-2-4-7-13/h2-9,11,16H,10,12H2,1H3,(H2,20,22). The summed E-state index contributed by atoms with van der Waals surface area (Å²) in [6, 6.07) is 16.7. The second-order valence-corrected chi connectivity index (χ2v) is 6.36. The Bertz CT molecular complexity index is 688. The van der Waals surface area contributed by atoms with E-state index >= 15 is 0 Å². The Labute approximate surface area is 144 Å². The van der Waals surface area contributed by atoms with E-state index < -0.39 is 5.91 Å². The zero-order chi connectivity index (χ0) is 16.8. The lowest BCUT2D eigenvalue weighted by Crippen LogP contribution is -2.41. The van der Waals surface area contributed by atoms with E-state index in [4.69, 9.17) is 5.73 Å². The number of nitrogens with zero attached hydrogens (tertiary/aromatic N) is 1. The zero-order valence-corrected chi connectivity index (χ0v) is 14.5. The summed E-state index contributed by atoms with van der Waals surface area (Å²) in [5.41, 5.74) is 7.00. The molecule has 0 aliphatic carbocycles. The Morgan fingerprint density at radius 1 is 1.13 bits per heavy atom. The van der Waals surface area contributed by atoms with E-state index in [-0.39, 0.29) is 18.4 Å². The van der Waals surface area contributed by atoms with E-state index in [1.807, 2.05) is 42.5 Å². The van der Waals surface area contributed by atoms with Crippen LogP contribution in [-0.4, -0.2) is 29.8 Å². The van der Waals surface area contributed by atoms with E-state index in [0.717, 1.165) is 10.0 Å². The van der Waals surface area contributed by atoms with Crippen LogP contribution in [0.25, 0.3) is 0 Å². The van der Waals surface area contributed by atoms with Gasteiger partial charge in [-0.15, -0.1) is 0 Å². The molecular formula is C18H19BrN2O2. The lowest BCUT2D eigenvalue weighted by Gasteiger charge is -2.28. The molecule has 0 radical (unpaired) electrons. The lowest BCUT2D eigenvalue weighted by molar-refractivity contribution is -0.118. The molecule has 0 saturated heterocycles. The summed E-state index contributed by atoms with van der Waals surface area (Å²) in [6.07, 6.45) is 0.713. The number of hydrogen-bond acceptors (Lipinski definition) is 2. The Kier molecular flexibility index (Phi) is 5.93. The van der Waals surface area contributed by atoms with Gasteiger partial charge in [-0.05, 0) is 30.2 Å². The highest BCUT2D eigenvalue weighted by Gasteiger charge is 2.23. The maximum absolute atomic E-state index is 12.7. The van der Waals surface area contributed by atoms with Crippen LogP contribution in [0.4, 0.5) is 0 Å². The highest BCUT2D eigenvalue weighted by atomic mass is 79.9. The number of likely N-dealkylation sites (N-methyl/N-ethyl adjacent to an activating group) is 1. The molecule has 0 bridgehead atoms. The molecule has 1 unspecified atom stereocenters. The van der Waals surface area contributed by atoms with Gasteiger partial charge in [-0.2, -0.15) is 0 Å². The van der Waals surface area contributed by atoms with Crippen LogP contribution in [0.2, 0.25) is 0 Å². The maximum atomic E-state index is 12.7. The number of nitrogens with two attached hydrogens (primary N) is 1. The van der Waals surface area contributed by atoms with Gasteiger partial charge in [0.1, 0.15) is 0 Å². The predicted molar refractivity (Wildman–Crippen MR) is 94.0 cm³/mol. The van der Waals surface area contributed by atoms with Gasteiger partial charge in [-0.1, -0.05) is 52.3 Å².